The number of aryl methyl sites for hydroxylation is 1. The van der Waals surface area contributed by atoms with Gasteiger partial charge in [-0.25, -0.2) is 0 Å². The zero-order valence-electron chi connectivity index (χ0n) is 21.4. The van der Waals surface area contributed by atoms with E-state index in [1.807, 2.05) is 0 Å². The Morgan fingerprint density at radius 3 is 2.23 bits per heavy atom. The van der Waals surface area contributed by atoms with Gasteiger partial charge in [-0.15, -0.1) is 0 Å². The SMILES string of the molecule is Cc1cc(OC2OC(C)C(OC3OC(CO)C(O)C(O)C3O)C(O)C2O)c2c(c1)C(=O)c1cccc(O)c1C2=O. The summed E-state index contributed by atoms with van der Waals surface area (Å²) in [5.41, 5.74) is 0.324. The molecule has 1 aliphatic carbocycles. The van der Waals surface area contributed by atoms with Gasteiger partial charge in [0.25, 0.3) is 0 Å². The summed E-state index contributed by atoms with van der Waals surface area (Å²) in [6.45, 7) is 2.45. The minimum atomic E-state index is -1.77. The number of fused-ring (bicyclic) bond motifs is 2. The number of rotatable bonds is 5. The largest absolute Gasteiger partial charge is 0.507 e. The molecule has 0 spiro atoms. The van der Waals surface area contributed by atoms with Crippen molar-refractivity contribution in [1.82, 2.24) is 0 Å². The molecule has 10 unspecified atom stereocenters. The van der Waals surface area contributed by atoms with E-state index in [4.69, 9.17) is 18.9 Å². The third-order valence-electron chi connectivity index (χ3n) is 7.39. The van der Waals surface area contributed by atoms with Crippen LogP contribution in [0.25, 0.3) is 0 Å². The van der Waals surface area contributed by atoms with Gasteiger partial charge < -0.3 is 54.7 Å². The summed E-state index contributed by atoms with van der Waals surface area (Å²) in [5, 5.41) is 71.7. The number of benzene rings is 2. The fourth-order valence-electron chi connectivity index (χ4n) is 5.25. The third-order valence-corrected chi connectivity index (χ3v) is 7.39. The van der Waals surface area contributed by atoms with E-state index in [-0.39, 0.29) is 33.8 Å². The summed E-state index contributed by atoms with van der Waals surface area (Å²) >= 11 is 0. The van der Waals surface area contributed by atoms with Crippen LogP contribution in [0.3, 0.4) is 0 Å². The van der Waals surface area contributed by atoms with Crippen molar-refractivity contribution in [3.63, 3.8) is 0 Å². The topological polar surface area (TPSA) is 213 Å². The highest BCUT2D eigenvalue weighted by atomic mass is 16.7. The number of hydrogen-bond donors (Lipinski definition) is 7. The van der Waals surface area contributed by atoms with Crippen molar-refractivity contribution in [1.29, 1.82) is 0 Å². The second kappa shape index (κ2) is 10.8. The number of aliphatic hydroxyl groups is 6. The lowest BCUT2D eigenvalue weighted by atomic mass is 9.82. The first kappa shape index (κ1) is 28.5. The Kier molecular flexibility index (Phi) is 7.69. The van der Waals surface area contributed by atoms with Crippen LogP contribution >= 0.6 is 0 Å². The molecule has 10 atom stereocenters. The van der Waals surface area contributed by atoms with Gasteiger partial charge >= 0.3 is 0 Å². The molecule has 40 heavy (non-hydrogen) atoms. The molecular formula is C27H30O13. The Morgan fingerprint density at radius 1 is 0.825 bits per heavy atom. The normalized spacial score (nSPS) is 35.7. The average Bonchev–Trinajstić information content (AvgIpc) is 2.92. The fraction of sp³-hybridized carbons (Fsp3) is 0.481. The second-order valence-corrected chi connectivity index (χ2v) is 10.2. The number of ether oxygens (including phenoxy) is 4. The fourth-order valence-corrected chi connectivity index (χ4v) is 5.25. The van der Waals surface area contributed by atoms with E-state index in [0.717, 1.165) is 0 Å². The highest BCUT2D eigenvalue weighted by Crippen LogP contribution is 2.39. The molecule has 7 N–H and O–H groups in total. The van der Waals surface area contributed by atoms with Crippen LogP contribution < -0.4 is 4.74 Å². The molecule has 2 heterocycles. The third kappa shape index (κ3) is 4.68. The monoisotopic (exact) mass is 562 g/mol. The molecule has 2 aromatic rings. The van der Waals surface area contributed by atoms with Crippen LogP contribution in [-0.2, 0) is 14.2 Å². The van der Waals surface area contributed by atoms with Gasteiger partial charge in [0.05, 0.1) is 23.8 Å². The van der Waals surface area contributed by atoms with Crippen molar-refractivity contribution in [2.75, 3.05) is 6.61 Å². The lowest BCUT2D eigenvalue weighted by Gasteiger charge is -2.45. The first-order valence-electron chi connectivity index (χ1n) is 12.6. The van der Waals surface area contributed by atoms with E-state index < -0.39 is 79.6 Å². The number of ketones is 2. The lowest BCUT2D eigenvalue weighted by Crippen LogP contribution is -2.64. The number of carbonyl (C=O) groups is 2. The second-order valence-electron chi connectivity index (χ2n) is 10.2. The number of aliphatic hydroxyl groups excluding tert-OH is 6. The molecule has 216 valence electrons. The van der Waals surface area contributed by atoms with Gasteiger partial charge in [-0.1, -0.05) is 12.1 Å². The summed E-state index contributed by atoms with van der Waals surface area (Å²) < 4.78 is 22.5. The van der Waals surface area contributed by atoms with E-state index in [1.54, 1.807) is 6.92 Å². The molecule has 13 nitrogen and oxygen atoms in total. The van der Waals surface area contributed by atoms with Crippen molar-refractivity contribution in [2.24, 2.45) is 0 Å². The van der Waals surface area contributed by atoms with E-state index >= 15 is 0 Å². The quantitative estimate of drug-likeness (QED) is 0.189. The Balaban J connectivity index is 1.38. The molecule has 0 bridgehead atoms. The zero-order chi connectivity index (χ0) is 29.0. The molecule has 0 aromatic heterocycles. The van der Waals surface area contributed by atoms with Gasteiger partial charge in [0.1, 0.15) is 54.2 Å². The van der Waals surface area contributed by atoms with Crippen LogP contribution in [0.15, 0.2) is 30.3 Å². The molecule has 3 aliphatic rings. The molecule has 13 heteroatoms. The molecule has 5 rings (SSSR count). The Bertz CT molecular complexity index is 1310. The molecule has 2 aromatic carbocycles. The van der Waals surface area contributed by atoms with Crippen LogP contribution in [0.5, 0.6) is 11.5 Å². The Hall–Kier alpha value is -2.98. The van der Waals surface area contributed by atoms with Gasteiger partial charge in [0, 0.05) is 11.1 Å². The van der Waals surface area contributed by atoms with Crippen molar-refractivity contribution in [2.45, 2.75) is 75.3 Å². The molecule has 2 saturated heterocycles. The molecule has 2 aliphatic heterocycles. The van der Waals surface area contributed by atoms with E-state index in [9.17, 15) is 45.3 Å². The van der Waals surface area contributed by atoms with E-state index in [1.165, 1.54) is 37.3 Å². The highest BCUT2D eigenvalue weighted by molar-refractivity contribution is 6.30. The van der Waals surface area contributed by atoms with E-state index in [2.05, 4.69) is 0 Å². The summed E-state index contributed by atoms with van der Waals surface area (Å²) in [7, 11) is 0. The zero-order valence-corrected chi connectivity index (χ0v) is 21.4. The lowest BCUT2D eigenvalue weighted by molar-refractivity contribution is -0.348. The van der Waals surface area contributed by atoms with Gasteiger partial charge in [0.15, 0.2) is 12.1 Å². The predicted octanol–water partition coefficient (Wildman–Crippen LogP) is -1.49. The summed E-state index contributed by atoms with van der Waals surface area (Å²) in [5.74, 6) is -1.65. The number of phenols is 1. The maximum atomic E-state index is 13.4. The minimum Gasteiger partial charge on any atom is -0.507 e. The van der Waals surface area contributed by atoms with Crippen molar-refractivity contribution in [3.05, 3.63) is 58.1 Å². The maximum absolute atomic E-state index is 13.4. The van der Waals surface area contributed by atoms with Crippen LogP contribution in [0, 0.1) is 6.92 Å². The Morgan fingerprint density at radius 2 is 1.52 bits per heavy atom. The number of hydrogen-bond acceptors (Lipinski definition) is 13. The summed E-state index contributed by atoms with van der Waals surface area (Å²) in [6, 6.07) is 7.14. The summed E-state index contributed by atoms with van der Waals surface area (Å²) in [6.07, 6.45) is -15.3. The molecular weight excluding hydrogens is 532 g/mol. The van der Waals surface area contributed by atoms with Crippen LogP contribution in [-0.4, -0.2) is 115 Å². The van der Waals surface area contributed by atoms with Crippen LogP contribution in [0.2, 0.25) is 0 Å². The number of carbonyl (C=O) groups excluding carboxylic acids is 2. The van der Waals surface area contributed by atoms with E-state index in [0.29, 0.717) is 5.56 Å². The smallest absolute Gasteiger partial charge is 0.229 e. The standard InChI is InChI=1S/C27H30O13/c1-9-6-12-17(20(32)16-11(18(12)30)4-3-5-13(16)29)14(7-9)38-26-24(36)22(34)25(10(2)37-26)40-27-23(35)21(33)19(31)15(8-28)39-27/h3-7,10,15,19,21-29,31,33-36H,8H2,1-2H3. The van der Waals surface area contributed by atoms with Gasteiger partial charge in [0.2, 0.25) is 12.1 Å². The first-order chi connectivity index (χ1) is 18.9. The predicted molar refractivity (Wildman–Crippen MR) is 132 cm³/mol. The van der Waals surface area contributed by atoms with Gasteiger partial charge in [-0.3, -0.25) is 9.59 Å². The number of aromatic hydroxyl groups is 1. The maximum Gasteiger partial charge on any atom is 0.229 e. The van der Waals surface area contributed by atoms with Gasteiger partial charge in [-0.05, 0) is 37.6 Å². The number of phenolic OH excluding ortho intramolecular Hbond substituents is 1. The molecule has 0 radical (unpaired) electrons. The first-order valence-corrected chi connectivity index (χ1v) is 12.6. The highest BCUT2D eigenvalue weighted by Gasteiger charge is 2.50. The average molecular weight is 563 g/mol. The molecule has 0 amide bonds. The molecule has 0 saturated carbocycles. The van der Waals surface area contributed by atoms with Crippen molar-refractivity contribution >= 4 is 11.6 Å². The molecule has 2 fully saturated rings. The van der Waals surface area contributed by atoms with Crippen LogP contribution in [0.1, 0.15) is 44.3 Å². The minimum absolute atomic E-state index is 0.0419. The van der Waals surface area contributed by atoms with Crippen LogP contribution in [0.4, 0.5) is 0 Å². The van der Waals surface area contributed by atoms with Crippen molar-refractivity contribution < 1.29 is 64.3 Å². The summed E-state index contributed by atoms with van der Waals surface area (Å²) in [4.78, 5) is 26.6. The van der Waals surface area contributed by atoms with Gasteiger partial charge in [-0.2, -0.15) is 0 Å². The Labute approximate surface area is 227 Å². The van der Waals surface area contributed by atoms with Crippen molar-refractivity contribution in [3.8, 4) is 11.5 Å².